The molecule has 0 fully saturated rings. The van der Waals surface area contributed by atoms with Crippen molar-refractivity contribution in [2.45, 2.75) is 20.4 Å². The van der Waals surface area contributed by atoms with Gasteiger partial charge in [-0.15, -0.1) is 24.0 Å². The first kappa shape index (κ1) is 25.5. The lowest BCUT2D eigenvalue weighted by Crippen LogP contribution is -2.38. The van der Waals surface area contributed by atoms with Crippen molar-refractivity contribution in [2.75, 3.05) is 39.2 Å². The summed E-state index contributed by atoms with van der Waals surface area (Å²) in [5.74, 6) is 2.25. The Kier molecular flexibility index (Phi) is 11.7. The number of halogens is 1. The van der Waals surface area contributed by atoms with Gasteiger partial charge in [-0.1, -0.05) is 18.2 Å². The molecule has 0 heterocycles. The molecule has 2 N–H and O–H groups in total. The van der Waals surface area contributed by atoms with E-state index in [0.29, 0.717) is 24.6 Å². The predicted octanol–water partition coefficient (Wildman–Crippen LogP) is 3.75. The van der Waals surface area contributed by atoms with E-state index in [1.165, 1.54) is 12.5 Å². The van der Waals surface area contributed by atoms with Crippen molar-refractivity contribution in [3.63, 3.8) is 0 Å². The van der Waals surface area contributed by atoms with Gasteiger partial charge in [0.1, 0.15) is 18.1 Å². The number of ether oxygens (including phenoxy) is 2. The van der Waals surface area contributed by atoms with Crippen LogP contribution < -0.4 is 20.1 Å². The molecule has 164 valence electrons. The molecule has 0 spiro atoms. The van der Waals surface area contributed by atoms with Crippen LogP contribution >= 0.6 is 24.0 Å². The van der Waals surface area contributed by atoms with E-state index >= 15 is 0 Å². The minimum absolute atomic E-state index is 0. The van der Waals surface area contributed by atoms with Gasteiger partial charge in [0.15, 0.2) is 5.96 Å². The molecule has 0 bridgehead atoms. The molecule has 2 aromatic carbocycles. The first-order chi connectivity index (χ1) is 14.0. The van der Waals surface area contributed by atoms with E-state index < -0.39 is 0 Å². The van der Waals surface area contributed by atoms with Crippen molar-refractivity contribution in [3.8, 4) is 11.5 Å². The maximum Gasteiger partial charge on any atom is 0.221 e. The molecule has 0 saturated heterocycles. The quantitative estimate of drug-likeness (QED) is 0.226. The number of hydrogen-bond donors (Lipinski definition) is 2. The van der Waals surface area contributed by atoms with Crippen LogP contribution in [0.5, 0.6) is 11.5 Å². The third-order valence-corrected chi connectivity index (χ3v) is 4.05. The second-order valence-electron chi connectivity index (χ2n) is 6.50. The molecule has 2 rings (SSSR count). The zero-order valence-corrected chi connectivity index (χ0v) is 20.3. The summed E-state index contributed by atoms with van der Waals surface area (Å²) >= 11 is 0. The lowest BCUT2D eigenvalue weighted by molar-refractivity contribution is -0.114. The lowest BCUT2D eigenvalue weighted by atomic mass is 10.2. The number of nitrogens with one attached hydrogen (secondary N) is 2. The smallest absolute Gasteiger partial charge is 0.221 e. The van der Waals surface area contributed by atoms with Gasteiger partial charge in [-0.2, -0.15) is 0 Å². The number of guanidine groups is 1. The van der Waals surface area contributed by atoms with Gasteiger partial charge in [-0.05, 0) is 36.8 Å². The number of anilines is 1. The molecular weight excluding hydrogens is 495 g/mol. The highest BCUT2D eigenvalue weighted by Gasteiger charge is 2.07. The maximum atomic E-state index is 11.2. The van der Waals surface area contributed by atoms with Crippen LogP contribution in [0, 0.1) is 0 Å². The lowest BCUT2D eigenvalue weighted by Gasteiger charge is -2.22. The topological polar surface area (TPSA) is 75.2 Å². The Bertz CT molecular complexity index is 812. The molecule has 0 radical (unpaired) electrons. The molecule has 0 aliphatic rings. The SMILES string of the molecule is CCNC(=NCCOc1cccc(NC(C)=O)c1)N(C)Cc1ccc(OC)cc1.I. The van der Waals surface area contributed by atoms with Crippen molar-refractivity contribution < 1.29 is 14.3 Å². The standard InChI is InChI=1S/C22H30N4O3.HI/c1-5-23-22(26(3)16-18-9-11-20(28-4)12-10-18)24-13-14-29-21-8-6-7-19(15-21)25-17(2)27;/h6-12,15H,5,13-14,16H2,1-4H3,(H,23,24)(H,25,27);1H. The molecule has 0 aliphatic carbocycles. The van der Waals surface area contributed by atoms with Crippen LogP contribution in [-0.2, 0) is 11.3 Å². The fourth-order valence-corrected chi connectivity index (χ4v) is 2.73. The normalized spacial score (nSPS) is 10.6. The minimum atomic E-state index is -0.109. The zero-order chi connectivity index (χ0) is 21.1. The van der Waals surface area contributed by atoms with Crippen LogP contribution in [0.25, 0.3) is 0 Å². The summed E-state index contributed by atoms with van der Waals surface area (Å²) in [7, 11) is 3.67. The van der Waals surface area contributed by atoms with Gasteiger partial charge in [0.05, 0.1) is 13.7 Å². The average molecular weight is 526 g/mol. The molecule has 2 aromatic rings. The van der Waals surface area contributed by atoms with Gasteiger partial charge < -0.3 is 25.0 Å². The van der Waals surface area contributed by atoms with E-state index in [1.807, 2.05) is 56.4 Å². The van der Waals surface area contributed by atoms with E-state index in [0.717, 1.165) is 24.8 Å². The van der Waals surface area contributed by atoms with E-state index in [-0.39, 0.29) is 29.9 Å². The number of rotatable bonds is 9. The summed E-state index contributed by atoms with van der Waals surface area (Å²) in [6, 6.07) is 15.3. The Morgan fingerprint density at radius 2 is 1.87 bits per heavy atom. The summed E-state index contributed by atoms with van der Waals surface area (Å²) in [4.78, 5) is 17.9. The molecule has 0 aliphatic heterocycles. The number of carbonyl (C=O) groups is 1. The zero-order valence-electron chi connectivity index (χ0n) is 18.0. The number of amides is 1. The Hall–Kier alpha value is -2.49. The summed E-state index contributed by atoms with van der Waals surface area (Å²) in [6.07, 6.45) is 0. The first-order valence-electron chi connectivity index (χ1n) is 9.64. The fraction of sp³-hybridized carbons (Fsp3) is 0.364. The predicted molar refractivity (Wildman–Crippen MR) is 132 cm³/mol. The number of methoxy groups -OCH3 is 1. The average Bonchev–Trinajstić information content (AvgIpc) is 2.70. The summed E-state index contributed by atoms with van der Waals surface area (Å²) < 4.78 is 11.0. The van der Waals surface area contributed by atoms with Gasteiger partial charge in [-0.25, -0.2) is 4.99 Å². The Labute approximate surface area is 195 Å². The van der Waals surface area contributed by atoms with Crippen molar-refractivity contribution in [2.24, 2.45) is 4.99 Å². The maximum absolute atomic E-state index is 11.2. The third kappa shape index (κ3) is 8.89. The molecule has 30 heavy (non-hydrogen) atoms. The van der Waals surface area contributed by atoms with Crippen LogP contribution in [-0.4, -0.2) is 50.6 Å². The van der Waals surface area contributed by atoms with Crippen molar-refractivity contribution in [1.29, 1.82) is 0 Å². The van der Waals surface area contributed by atoms with Gasteiger partial charge in [0, 0.05) is 38.8 Å². The molecule has 1 amide bonds. The van der Waals surface area contributed by atoms with Gasteiger partial charge in [0.25, 0.3) is 0 Å². The van der Waals surface area contributed by atoms with Crippen molar-refractivity contribution in [1.82, 2.24) is 10.2 Å². The second-order valence-corrected chi connectivity index (χ2v) is 6.50. The Morgan fingerprint density at radius 1 is 1.13 bits per heavy atom. The largest absolute Gasteiger partial charge is 0.497 e. The van der Waals surface area contributed by atoms with Crippen LogP contribution in [0.3, 0.4) is 0 Å². The van der Waals surface area contributed by atoms with Crippen molar-refractivity contribution in [3.05, 3.63) is 54.1 Å². The summed E-state index contributed by atoms with van der Waals surface area (Å²) in [6.45, 7) is 5.99. The number of hydrogen-bond acceptors (Lipinski definition) is 4. The van der Waals surface area contributed by atoms with E-state index in [4.69, 9.17) is 9.47 Å². The third-order valence-electron chi connectivity index (χ3n) is 4.05. The van der Waals surface area contributed by atoms with E-state index in [2.05, 4.69) is 20.5 Å². The van der Waals surface area contributed by atoms with Gasteiger partial charge in [0.2, 0.25) is 5.91 Å². The molecule has 7 nitrogen and oxygen atoms in total. The molecular formula is C22H31IN4O3. The molecule has 0 atom stereocenters. The van der Waals surface area contributed by atoms with Gasteiger partial charge in [-0.3, -0.25) is 4.79 Å². The highest BCUT2D eigenvalue weighted by Crippen LogP contribution is 2.17. The highest BCUT2D eigenvalue weighted by molar-refractivity contribution is 14.0. The fourth-order valence-electron chi connectivity index (χ4n) is 2.73. The molecule has 0 unspecified atom stereocenters. The minimum Gasteiger partial charge on any atom is -0.497 e. The van der Waals surface area contributed by atoms with Crippen LogP contribution in [0.15, 0.2) is 53.5 Å². The molecule has 0 saturated carbocycles. The first-order valence-corrected chi connectivity index (χ1v) is 9.64. The monoisotopic (exact) mass is 526 g/mol. The van der Waals surface area contributed by atoms with E-state index in [9.17, 15) is 4.79 Å². The molecule has 8 heteroatoms. The van der Waals surface area contributed by atoms with E-state index in [1.54, 1.807) is 13.2 Å². The van der Waals surface area contributed by atoms with Crippen molar-refractivity contribution >= 4 is 41.5 Å². The Morgan fingerprint density at radius 3 is 2.50 bits per heavy atom. The summed E-state index contributed by atoms with van der Waals surface area (Å²) in [5, 5.41) is 6.05. The van der Waals surface area contributed by atoms with Crippen LogP contribution in [0.2, 0.25) is 0 Å². The Balaban J connectivity index is 0.00000450. The van der Waals surface area contributed by atoms with Crippen LogP contribution in [0.4, 0.5) is 5.69 Å². The van der Waals surface area contributed by atoms with Crippen LogP contribution in [0.1, 0.15) is 19.4 Å². The second kappa shape index (κ2) is 13.7. The number of carbonyl (C=O) groups excluding carboxylic acids is 1. The number of nitrogens with zero attached hydrogens (tertiary/aromatic N) is 2. The number of benzene rings is 2. The number of aliphatic imine (C=N–C) groups is 1. The van der Waals surface area contributed by atoms with Gasteiger partial charge >= 0.3 is 0 Å². The molecule has 0 aromatic heterocycles. The highest BCUT2D eigenvalue weighted by atomic mass is 127. The summed E-state index contributed by atoms with van der Waals surface area (Å²) in [5.41, 5.74) is 1.89.